The van der Waals surface area contributed by atoms with Crippen LogP contribution in [0.2, 0.25) is 0 Å². The third-order valence-corrected chi connectivity index (χ3v) is 6.10. The minimum atomic E-state index is -0.338. The highest BCUT2D eigenvalue weighted by atomic mass is 15.3. The molecule has 0 aliphatic heterocycles. The van der Waals surface area contributed by atoms with Crippen molar-refractivity contribution in [2.45, 2.75) is 59.3 Å². The Morgan fingerprint density at radius 1 is 0.750 bits per heavy atom. The molecule has 0 fully saturated rings. The van der Waals surface area contributed by atoms with Crippen LogP contribution in [-0.2, 0) is 10.8 Å². The summed E-state index contributed by atoms with van der Waals surface area (Å²) in [6, 6.07) is 21.0. The Kier molecular flexibility index (Phi) is 5.49. The number of aryl methyl sites for hydroxylation is 2. The van der Waals surface area contributed by atoms with Crippen molar-refractivity contribution < 1.29 is 0 Å². The number of benzene rings is 1. The second-order valence-corrected chi connectivity index (χ2v) is 10.1. The average Bonchev–Trinajstić information content (AvgIpc) is 3.25. The van der Waals surface area contributed by atoms with E-state index in [9.17, 15) is 0 Å². The van der Waals surface area contributed by atoms with Crippen LogP contribution in [0.4, 0.5) is 0 Å². The lowest BCUT2D eigenvalue weighted by Gasteiger charge is -2.23. The first-order valence-electron chi connectivity index (χ1n) is 11.1. The molecular weight excluding hydrogens is 392 g/mol. The Hall–Kier alpha value is -3.27. The van der Waals surface area contributed by atoms with E-state index in [1.165, 1.54) is 5.56 Å². The maximum Gasteiger partial charge on any atom is 0.0744 e. The first-order valence-corrected chi connectivity index (χ1v) is 11.1. The van der Waals surface area contributed by atoms with Crippen LogP contribution in [0.3, 0.4) is 0 Å². The fourth-order valence-electron chi connectivity index (χ4n) is 3.94. The third kappa shape index (κ3) is 4.22. The summed E-state index contributed by atoms with van der Waals surface area (Å²) in [6.45, 7) is 15.1. The van der Waals surface area contributed by atoms with Gasteiger partial charge in [0.25, 0.3) is 0 Å². The fraction of sp³-hybridized carbons (Fsp3) is 0.321. The number of rotatable bonds is 4. The van der Waals surface area contributed by atoms with Crippen LogP contribution < -0.4 is 0 Å². The van der Waals surface area contributed by atoms with Crippen LogP contribution >= 0.6 is 0 Å². The van der Waals surface area contributed by atoms with Crippen LogP contribution in [0.1, 0.15) is 63.0 Å². The predicted molar refractivity (Wildman–Crippen MR) is 131 cm³/mol. The standard InChI is InChI=1S/C28H32N4/c1-19-14-15-23(20(2)29-19)24-12-9-13-25(30-24)28(6,7)26-16-17-32(31-26)22-11-8-10-21(18-22)27(3,4)5/h8-18H,1-7H3. The molecule has 0 aliphatic rings. The van der Waals surface area contributed by atoms with Gasteiger partial charge in [-0.15, -0.1) is 0 Å². The number of hydrogen-bond donors (Lipinski definition) is 0. The van der Waals surface area contributed by atoms with Crippen molar-refractivity contribution in [3.05, 3.63) is 95.2 Å². The summed E-state index contributed by atoms with van der Waals surface area (Å²) in [5, 5.41) is 4.95. The Morgan fingerprint density at radius 3 is 2.22 bits per heavy atom. The normalized spacial score (nSPS) is 12.2. The Bertz CT molecular complexity index is 1260. The summed E-state index contributed by atoms with van der Waals surface area (Å²) in [4.78, 5) is 9.63. The van der Waals surface area contributed by atoms with Gasteiger partial charge < -0.3 is 0 Å². The highest BCUT2D eigenvalue weighted by molar-refractivity contribution is 5.62. The Morgan fingerprint density at radius 2 is 1.50 bits per heavy atom. The molecule has 0 spiro atoms. The second kappa shape index (κ2) is 8.01. The molecule has 4 heteroatoms. The second-order valence-electron chi connectivity index (χ2n) is 10.1. The van der Waals surface area contributed by atoms with E-state index >= 15 is 0 Å². The number of aromatic nitrogens is 4. The van der Waals surface area contributed by atoms with Gasteiger partial charge in [0, 0.05) is 23.1 Å². The van der Waals surface area contributed by atoms with Crippen molar-refractivity contribution in [1.29, 1.82) is 0 Å². The summed E-state index contributed by atoms with van der Waals surface area (Å²) in [5.74, 6) is 0. The van der Waals surface area contributed by atoms with E-state index in [0.29, 0.717) is 0 Å². The first-order chi connectivity index (χ1) is 15.1. The van der Waals surface area contributed by atoms with Crippen molar-refractivity contribution in [3.63, 3.8) is 0 Å². The van der Waals surface area contributed by atoms with Crippen molar-refractivity contribution in [3.8, 4) is 16.9 Å². The van der Waals surface area contributed by atoms with Gasteiger partial charge in [-0.3, -0.25) is 9.97 Å². The predicted octanol–water partition coefficient (Wildman–Crippen LogP) is 6.57. The topological polar surface area (TPSA) is 43.6 Å². The molecule has 0 aliphatic carbocycles. The molecule has 0 amide bonds. The minimum Gasteiger partial charge on any atom is -0.258 e. The SMILES string of the molecule is Cc1ccc(-c2cccc(C(C)(C)c3ccn(-c4cccc(C(C)(C)C)c4)n3)n2)c(C)n1. The van der Waals surface area contributed by atoms with E-state index in [1.807, 2.05) is 30.8 Å². The summed E-state index contributed by atoms with van der Waals surface area (Å²) in [5.41, 5.74) is 8.12. The molecule has 1 aromatic carbocycles. The Labute approximate surface area is 191 Å². The molecule has 4 rings (SSSR count). The molecule has 0 N–H and O–H groups in total. The number of hydrogen-bond acceptors (Lipinski definition) is 3. The van der Waals surface area contributed by atoms with E-state index in [0.717, 1.165) is 39.7 Å². The smallest absolute Gasteiger partial charge is 0.0744 e. The van der Waals surface area contributed by atoms with Gasteiger partial charge in [-0.05, 0) is 81.1 Å². The quantitative estimate of drug-likeness (QED) is 0.372. The molecule has 164 valence electrons. The molecule has 3 heterocycles. The van der Waals surface area contributed by atoms with E-state index in [4.69, 9.17) is 10.1 Å². The maximum atomic E-state index is 5.02. The average molecular weight is 425 g/mol. The van der Waals surface area contributed by atoms with E-state index < -0.39 is 0 Å². The van der Waals surface area contributed by atoms with Gasteiger partial charge in [-0.2, -0.15) is 5.10 Å². The van der Waals surface area contributed by atoms with E-state index in [1.54, 1.807) is 0 Å². The molecule has 0 atom stereocenters. The van der Waals surface area contributed by atoms with Gasteiger partial charge in [-0.1, -0.05) is 39.0 Å². The zero-order valence-corrected chi connectivity index (χ0v) is 20.1. The van der Waals surface area contributed by atoms with Gasteiger partial charge in [-0.25, -0.2) is 4.68 Å². The van der Waals surface area contributed by atoms with Gasteiger partial charge in [0.2, 0.25) is 0 Å². The summed E-state index contributed by atoms with van der Waals surface area (Å²) in [7, 11) is 0. The summed E-state index contributed by atoms with van der Waals surface area (Å²) < 4.78 is 1.96. The Balaban J connectivity index is 1.69. The largest absolute Gasteiger partial charge is 0.258 e. The van der Waals surface area contributed by atoms with Crippen molar-refractivity contribution in [2.75, 3.05) is 0 Å². The first kappa shape index (κ1) is 21.9. The summed E-state index contributed by atoms with van der Waals surface area (Å²) >= 11 is 0. The van der Waals surface area contributed by atoms with Gasteiger partial charge >= 0.3 is 0 Å². The number of pyridine rings is 2. The molecule has 0 saturated carbocycles. The molecule has 0 radical (unpaired) electrons. The zero-order chi connectivity index (χ0) is 23.1. The van der Waals surface area contributed by atoms with E-state index in [-0.39, 0.29) is 10.8 Å². The van der Waals surface area contributed by atoms with Gasteiger partial charge in [0.1, 0.15) is 0 Å². The number of nitrogens with zero attached hydrogens (tertiary/aromatic N) is 4. The molecule has 4 nitrogen and oxygen atoms in total. The van der Waals surface area contributed by atoms with Gasteiger partial charge in [0.15, 0.2) is 0 Å². The molecule has 0 unspecified atom stereocenters. The van der Waals surface area contributed by atoms with Crippen LogP contribution in [0.15, 0.2) is 66.9 Å². The monoisotopic (exact) mass is 424 g/mol. The van der Waals surface area contributed by atoms with Crippen LogP contribution in [0.25, 0.3) is 16.9 Å². The fourth-order valence-corrected chi connectivity index (χ4v) is 3.94. The minimum absolute atomic E-state index is 0.0958. The van der Waals surface area contributed by atoms with Crippen molar-refractivity contribution in [1.82, 2.24) is 19.7 Å². The van der Waals surface area contributed by atoms with Crippen LogP contribution in [0, 0.1) is 13.8 Å². The molecule has 4 aromatic rings. The molecule has 3 aromatic heterocycles. The lowest BCUT2D eigenvalue weighted by Crippen LogP contribution is -2.22. The lowest BCUT2D eigenvalue weighted by molar-refractivity contribution is 0.582. The third-order valence-electron chi connectivity index (χ3n) is 6.10. The molecule has 0 saturated heterocycles. The van der Waals surface area contributed by atoms with Gasteiger partial charge in [0.05, 0.1) is 28.2 Å². The van der Waals surface area contributed by atoms with Crippen molar-refractivity contribution >= 4 is 0 Å². The van der Waals surface area contributed by atoms with Crippen LogP contribution in [0.5, 0.6) is 0 Å². The summed E-state index contributed by atoms with van der Waals surface area (Å²) in [6.07, 6.45) is 2.04. The molecule has 0 bridgehead atoms. The highest BCUT2D eigenvalue weighted by Gasteiger charge is 2.28. The molecular formula is C28H32N4. The zero-order valence-electron chi connectivity index (χ0n) is 20.1. The van der Waals surface area contributed by atoms with Crippen molar-refractivity contribution in [2.24, 2.45) is 0 Å². The van der Waals surface area contributed by atoms with Crippen LogP contribution in [-0.4, -0.2) is 19.7 Å². The highest BCUT2D eigenvalue weighted by Crippen LogP contribution is 2.32. The molecule has 32 heavy (non-hydrogen) atoms. The lowest BCUT2D eigenvalue weighted by atomic mass is 9.85. The van der Waals surface area contributed by atoms with E-state index in [2.05, 4.69) is 94.2 Å². The maximum absolute atomic E-state index is 5.02.